The zero-order valence-electron chi connectivity index (χ0n) is 28.0. The van der Waals surface area contributed by atoms with Crippen LogP contribution >= 0.6 is 212 Å². The van der Waals surface area contributed by atoms with Crippen LogP contribution in [0, 0.1) is 0 Å². The minimum Gasteiger partial charge on any atom is -0.121 e. The van der Waals surface area contributed by atoms with Crippen LogP contribution in [-0.4, -0.2) is 35.5 Å². The SMILES string of the molecule is CCCCCCSC1=C(SCCCCCC)SC(=C2SC3=C(SC(=C4SC(SC)=C(SCCSC5=C(SC)SC(=C6SC=CS6)S5)S4)S3)S2)S1. The van der Waals surface area contributed by atoms with Crippen molar-refractivity contribution in [3.05, 3.63) is 70.1 Å². The molecule has 0 fully saturated rings. The summed E-state index contributed by atoms with van der Waals surface area (Å²) in [5.74, 6) is 4.81. The second-order valence-electron chi connectivity index (χ2n) is 10.5. The second kappa shape index (κ2) is 23.7. The quantitative estimate of drug-likeness (QED) is 0.113. The molecule has 6 aliphatic heterocycles. The molecule has 0 amide bonds. The van der Waals surface area contributed by atoms with Gasteiger partial charge in [-0.25, -0.2) is 0 Å². The smallest absolute Gasteiger partial charge is 0.0718 e. The van der Waals surface area contributed by atoms with Gasteiger partial charge in [-0.2, -0.15) is 0 Å². The van der Waals surface area contributed by atoms with Gasteiger partial charge in [0.2, 0.25) is 0 Å². The molecule has 0 spiro atoms. The summed E-state index contributed by atoms with van der Waals surface area (Å²) in [5, 5.41) is 4.41. The number of thioether (sulfide) groups is 18. The molecule has 18 heteroatoms. The van der Waals surface area contributed by atoms with E-state index in [0.29, 0.717) is 0 Å². The summed E-state index contributed by atoms with van der Waals surface area (Å²) >= 11 is 36.2. The van der Waals surface area contributed by atoms with E-state index in [1.54, 1.807) is 8.47 Å². The van der Waals surface area contributed by atoms with Crippen LogP contribution < -0.4 is 0 Å². The molecule has 6 heterocycles. The van der Waals surface area contributed by atoms with Crippen molar-refractivity contribution in [1.29, 1.82) is 0 Å². The fourth-order valence-corrected chi connectivity index (χ4v) is 30.4. The maximum absolute atomic E-state index is 2.31. The number of unbranched alkanes of at least 4 members (excludes halogenated alkanes) is 6. The molecular weight excluding hydrogens is 962 g/mol. The minimum absolute atomic E-state index is 1.15. The van der Waals surface area contributed by atoms with E-state index < -0.39 is 0 Å². The molecule has 0 aromatic rings. The van der Waals surface area contributed by atoms with Crippen LogP contribution in [0.15, 0.2) is 70.1 Å². The van der Waals surface area contributed by atoms with Crippen molar-refractivity contribution in [1.82, 2.24) is 0 Å². The van der Waals surface area contributed by atoms with Gasteiger partial charge in [-0.15, -0.1) is 70.6 Å². The summed E-state index contributed by atoms with van der Waals surface area (Å²) < 4.78 is 21.1. The van der Waals surface area contributed by atoms with E-state index in [1.807, 2.05) is 153 Å². The summed E-state index contributed by atoms with van der Waals surface area (Å²) in [6.07, 6.45) is 15.2. The van der Waals surface area contributed by atoms with Gasteiger partial charge in [0.05, 0.1) is 59.3 Å². The molecule has 0 radical (unpaired) electrons. The third-order valence-corrected chi connectivity index (χ3v) is 32.8. The monoisotopic (exact) mass is 998 g/mol. The van der Waals surface area contributed by atoms with Crippen LogP contribution in [0.1, 0.15) is 65.2 Å². The van der Waals surface area contributed by atoms with E-state index >= 15 is 0 Å². The zero-order chi connectivity index (χ0) is 34.7. The van der Waals surface area contributed by atoms with Crippen LogP contribution in [0.5, 0.6) is 0 Å². The fraction of sp³-hybridized carbons (Fsp3) is 0.500. The number of rotatable bonds is 19. The standard InChI is InChI=1S/C32H38S18/c1-5-7-9-11-13-35-24-25(36-14-12-10-8-6-2)46-28(45-24)30-49-31-32(50-30)48-29(47-31)27-42-20(34-4)23(44-27)40-18-17-39-22-19(33-3)41-26(43-22)21-37-15-16-38-21/h15-16H,5-14,17-18H2,1-4H3. The molecule has 0 aromatic carbocycles. The van der Waals surface area contributed by atoms with Gasteiger partial charge in [-0.3, -0.25) is 0 Å². The Hall–Kier alpha value is 4.22. The Kier molecular flexibility index (Phi) is 20.8. The molecular formula is C32H38S18. The average Bonchev–Trinajstić information content (AvgIpc) is 3.97. The molecule has 0 N–H and O–H groups in total. The van der Waals surface area contributed by atoms with E-state index in [1.165, 1.54) is 114 Å². The van der Waals surface area contributed by atoms with Gasteiger partial charge >= 0.3 is 0 Å². The Labute approximate surface area is 377 Å². The van der Waals surface area contributed by atoms with E-state index in [0.717, 1.165) is 11.5 Å². The van der Waals surface area contributed by atoms with E-state index in [4.69, 9.17) is 0 Å². The molecule has 0 saturated heterocycles. The molecule has 0 atom stereocenters. The van der Waals surface area contributed by atoms with Crippen LogP contribution in [-0.2, 0) is 0 Å². The maximum Gasteiger partial charge on any atom is 0.0718 e. The Morgan fingerprint density at radius 1 is 0.360 bits per heavy atom. The van der Waals surface area contributed by atoms with Crippen molar-refractivity contribution in [3.8, 4) is 0 Å². The van der Waals surface area contributed by atoms with Crippen molar-refractivity contribution in [2.45, 2.75) is 65.2 Å². The molecule has 6 aliphatic rings. The lowest BCUT2D eigenvalue weighted by Gasteiger charge is -2.07. The van der Waals surface area contributed by atoms with Gasteiger partial charge in [0.25, 0.3) is 0 Å². The van der Waals surface area contributed by atoms with Crippen molar-refractivity contribution in [2.75, 3.05) is 35.5 Å². The number of hydrogen-bond acceptors (Lipinski definition) is 18. The summed E-state index contributed by atoms with van der Waals surface area (Å²) in [5.41, 5.74) is 0. The lowest BCUT2D eigenvalue weighted by molar-refractivity contribution is 0.707. The normalized spacial score (nSPS) is 21.0. The van der Waals surface area contributed by atoms with Crippen LogP contribution in [0.2, 0.25) is 0 Å². The predicted octanol–water partition coefficient (Wildman–Crippen LogP) is 19.0. The van der Waals surface area contributed by atoms with Crippen molar-refractivity contribution < 1.29 is 0 Å². The van der Waals surface area contributed by atoms with Crippen LogP contribution in [0.4, 0.5) is 0 Å². The van der Waals surface area contributed by atoms with Crippen molar-refractivity contribution >= 4 is 212 Å². The molecule has 0 unspecified atom stereocenters. The molecule has 50 heavy (non-hydrogen) atoms. The largest absolute Gasteiger partial charge is 0.121 e. The summed E-state index contributed by atoms with van der Waals surface area (Å²) in [4.78, 5) is 0. The summed E-state index contributed by atoms with van der Waals surface area (Å²) in [6, 6.07) is 0. The van der Waals surface area contributed by atoms with E-state index in [2.05, 4.69) is 96.0 Å². The molecule has 0 nitrogen and oxygen atoms in total. The van der Waals surface area contributed by atoms with E-state index in [-0.39, 0.29) is 0 Å². The highest BCUT2D eigenvalue weighted by Gasteiger charge is 2.37. The highest BCUT2D eigenvalue weighted by molar-refractivity contribution is 8.51. The Morgan fingerprint density at radius 2 is 0.680 bits per heavy atom. The third-order valence-electron chi connectivity index (χ3n) is 6.81. The first-order chi connectivity index (χ1) is 24.6. The van der Waals surface area contributed by atoms with Gasteiger partial charge in [-0.1, -0.05) is 194 Å². The molecule has 0 bridgehead atoms. The van der Waals surface area contributed by atoms with Gasteiger partial charge in [0.1, 0.15) is 0 Å². The lowest BCUT2D eigenvalue weighted by atomic mass is 10.2. The zero-order valence-corrected chi connectivity index (χ0v) is 42.7. The first-order valence-electron chi connectivity index (χ1n) is 16.2. The Bertz CT molecular complexity index is 1450. The lowest BCUT2D eigenvalue weighted by Crippen LogP contribution is -1.84. The molecule has 274 valence electrons. The highest BCUT2D eigenvalue weighted by Crippen LogP contribution is 2.73. The van der Waals surface area contributed by atoms with Crippen molar-refractivity contribution in [3.63, 3.8) is 0 Å². The molecule has 0 saturated carbocycles. The second-order valence-corrected chi connectivity index (χ2v) is 32.2. The van der Waals surface area contributed by atoms with Crippen molar-refractivity contribution in [2.24, 2.45) is 0 Å². The predicted molar refractivity (Wildman–Crippen MR) is 275 cm³/mol. The maximum atomic E-state index is 2.31. The first-order valence-corrected chi connectivity index (χ1v) is 32.5. The van der Waals surface area contributed by atoms with E-state index in [9.17, 15) is 0 Å². The molecule has 0 aromatic heterocycles. The summed E-state index contributed by atoms with van der Waals surface area (Å²) in [6.45, 7) is 4.61. The third kappa shape index (κ3) is 12.6. The van der Waals surface area contributed by atoms with Gasteiger partial charge < -0.3 is 0 Å². The number of hydrogen-bond donors (Lipinski definition) is 0. The minimum atomic E-state index is 1.15. The van der Waals surface area contributed by atoms with Gasteiger partial charge in [0, 0.05) is 11.5 Å². The molecule has 6 rings (SSSR count). The van der Waals surface area contributed by atoms with Crippen LogP contribution in [0.25, 0.3) is 0 Å². The highest BCUT2D eigenvalue weighted by atomic mass is 32.3. The van der Waals surface area contributed by atoms with Crippen LogP contribution in [0.3, 0.4) is 0 Å². The van der Waals surface area contributed by atoms with Gasteiger partial charge in [0.15, 0.2) is 0 Å². The summed E-state index contributed by atoms with van der Waals surface area (Å²) in [7, 11) is 0. The topological polar surface area (TPSA) is 0 Å². The Morgan fingerprint density at radius 3 is 1.06 bits per heavy atom. The molecule has 0 aliphatic carbocycles. The van der Waals surface area contributed by atoms with Gasteiger partial charge in [-0.05, 0) is 47.7 Å². The fourth-order valence-electron chi connectivity index (χ4n) is 4.38. The average molecular weight is 1000 g/mol. The Balaban J connectivity index is 0.980. The first kappa shape index (κ1) is 43.8.